The third-order valence-corrected chi connectivity index (χ3v) is 4.01. The van der Waals surface area contributed by atoms with Crippen molar-refractivity contribution in [2.24, 2.45) is 0 Å². The second kappa shape index (κ2) is 6.37. The molecule has 20 heavy (non-hydrogen) atoms. The Balaban J connectivity index is 1.83. The Labute approximate surface area is 125 Å². The molecule has 3 N–H and O–H groups in total. The molecule has 0 bridgehead atoms. The van der Waals surface area contributed by atoms with Gasteiger partial charge in [-0.1, -0.05) is 22.0 Å². The topological polar surface area (TPSA) is 78.4 Å². The average molecular weight is 341 g/mol. The van der Waals surface area contributed by atoms with Gasteiger partial charge in [0.05, 0.1) is 18.7 Å². The van der Waals surface area contributed by atoms with E-state index in [1.165, 1.54) is 0 Å². The molecule has 0 atom stereocenters. The normalized spacial score (nSPS) is 16.1. The van der Waals surface area contributed by atoms with Crippen LogP contribution in [-0.2, 0) is 4.79 Å². The monoisotopic (exact) mass is 340 g/mol. The Morgan fingerprint density at radius 1 is 1.35 bits per heavy atom. The minimum Gasteiger partial charge on any atom is -0.394 e. The van der Waals surface area contributed by atoms with E-state index >= 15 is 0 Å². The third kappa shape index (κ3) is 3.58. The molecular formula is C14H17BrN2O3. The van der Waals surface area contributed by atoms with Crippen LogP contribution in [0.15, 0.2) is 28.7 Å². The predicted octanol–water partition coefficient (Wildman–Crippen LogP) is 1.21. The Morgan fingerprint density at radius 2 is 2.10 bits per heavy atom. The van der Waals surface area contributed by atoms with Crippen molar-refractivity contribution in [1.82, 2.24) is 10.6 Å². The smallest absolute Gasteiger partial charge is 0.251 e. The zero-order chi connectivity index (χ0) is 14.6. The van der Waals surface area contributed by atoms with Crippen LogP contribution < -0.4 is 10.6 Å². The number of aliphatic hydroxyl groups is 1. The molecule has 108 valence electrons. The van der Waals surface area contributed by atoms with Crippen molar-refractivity contribution in [3.8, 4) is 0 Å². The summed E-state index contributed by atoms with van der Waals surface area (Å²) < 4.78 is 0.809. The molecule has 1 aliphatic carbocycles. The molecule has 2 amide bonds. The van der Waals surface area contributed by atoms with Gasteiger partial charge >= 0.3 is 0 Å². The van der Waals surface area contributed by atoms with Gasteiger partial charge in [0.15, 0.2) is 0 Å². The van der Waals surface area contributed by atoms with Crippen molar-refractivity contribution in [3.63, 3.8) is 0 Å². The van der Waals surface area contributed by atoms with Crippen molar-refractivity contribution in [1.29, 1.82) is 0 Å². The van der Waals surface area contributed by atoms with E-state index < -0.39 is 5.54 Å². The highest BCUT2D eigenvalue weighted by molar-refractivity contribution is 9.10. The van der Waals surface area contributed by atoms with Crippen molar-refractivity contribution >= 4 is 27.7 Å². The van der Waals surface area contributed by atoms with Gasteiger partial charge in [0.1, 0.15) is 0 Å². The lowest BCUT2D eigenvalue weighted by molar-refractivity contribution is -0.124. The lowest BCUT2D eigenvalue weighted by Crippen LogP contribution is -2.57. The number of hydrogen-bond donors (Lipinski definition) is 3. The quantitative estimate of drug-likeness (QED) is 0.753. The molecule has 1 saturated carbocycles. The lowest BCUT2D eigenvalue weighted by atomic mass is 9.77. The van der Waals surface area contributed by atoms with Crippen LogP contribution >= 0.6 is 15.9 Å². The third-order valence-electron chi connectivity index (χ3n) is 3.51. The van der Waals surface area contributed by atoms with Gasteiger partial charge in [-0.05, 0) is 37.5 Å². The summed E-state index contributed by atoms with van der Waals surface area (Å²) in [6.45, 7) is -0.147. The highest BCUT2D eigenvalue weighted by Gasteiger charge is 2.37. The molecule has 0 unspecified atom stereocenters. The summed E-state index contributed by atoms with van der Waals surface area (Å²) in [5.74, 6) is -0.574. The van der Waals surface area contributed by atoms with E-state index in [9.17, 15) is 14.7 Å². The number of hydrogen-bond acceptors (Lipinski definition) is 3. The number of carbonyl (C=O) groups excluding carboxylic acids is 2. The number of carbonyl (C=O) groups is 2. The second-order valence-corrected chi connectivity index (χ2v) is 5.95. The molecule has 0 spiro atoms. The van der Waals surface area contributed by atoms with E-state index in [0.29, 0.717) is 5.56 Å². The molecule has 0 heterocycles. The number of aliphatic hydroxyl groups excluding tert-OH is 1. The molecule has 1 aromatic rings. The van der Waals surface area contributed by atoms with E-state index in [-0.39, 0.29) is 25.0 Å². The van der Waals surface area contributed by atoms with Gasteiger partial charge in [-0.15, -0.1) is 0 Å². The molecule has 2 rings (SSSR count). The fraction of sp³-hybridized carbons (Fsp3) is 0.429. The molecule has 6 heteroatoms. The highest BCUT2D eigenvalue weighted by Crippen LogP contribution is 2.30. The van der Waals surface area contributed by atoms with Gasteiger partial charge in [-0.2, -0.15) is 0 Å². The summed E-state index contributed by atoms with van der Waals surface area (Å²) >= 11 is 3.29. The molecule has 1 aliphatic rings. The molecule has 0 radical (unpaired) electrons. The van der Waals surface area contributed by atoms with Gasteiger partial charge in [0.25, 0.3) is 5.91 Å². The Hall–Kier alpha value is -1.40. The van der Waals surface area contributed by atoms with Crippen LogP contribution in [0.2, 0.25) is 0 Å². The molecule has 1 aromatic carbocycles. The predicted molar refractivity (Wildman–Crippen MR) is 78.3 cm³/mol. The first kappa shape index (κ1) is 15.0. The molecule has 5 nitrogen and oxygen atoms in total. The van der Waals surface area contributed by atoms with E-state index in [1.807, 2.05) is 6.07 Å². The first-order chi connectivity index (χ1) is 9.54. The van der Waals surface area contributed by atoms with Gasteiger partial charge in [-0.3, -0.25) is 9.59 Å². The van der Waals surface area contributed by atoms with Gasteiger partial charge in [0.2, 0.25) is 5.91 Å². The van der Waals surface area contributed by atoms with Crippen LogP contribution in [0.1, 0.15) is 29.6 Å². The largest absolute Gasteiger partial charge is 0.394 e. The number of halogens is 1. The summed E-state index contributed by atoms with van der Waals surface area (Å²) in [5.41, 5.74) is 0.0186. The SMILES string of the molecule is O=C(CNC(=O)c1cccc(Br)c1)NC1(CO)CCC1. The summed E-state index contributed by atoms with van der Waals surface area (Å²) in [7, 11) is 0. The summed E-state index contributed by atoms with van der Waals surface area (Å²) in [6, 6.07) is 6.95. The van der Waals surface area contributed by atoms with Crippen molar-refractivity contribution in [3.05, 3.63) is 34.3 Å². The number of rotatable bonds is 5. The number of benzene rings is 1. The van der Waals surface area contributed by atoms with Gasteiger partial charge < -0.3 is 15.7 Å². The minimum absolute atomic E-state index is 0.0572. The zero-order valence-corrected chi connectivity index (χ0v) is 12.6. The molecule has 1 fully saturated rings. The minimum atomic E-state index is -0.475. The van der Waals surface area contributed by atoms with Crippen LogP contribution in [0.3, 0.4) is 0 Å². The van der Waals surface area contributed by atoms with Gasteiger partial charge in [0, 0.05) is 10.0 Å². The Kier molecular flexibility index (Phi) is 4.77. The Morgan fingerprint density at radius 3 is 2.65 bits per heavy atom. The maximum atomic E-state index is 11.9. The standard InChI is InChI=1S/C14H17BrN2O3/c15-11-4-1-3-10(7-11)13(20)16-8-12(19)17-14(9-18)5-2-6-14/h1,3-4,7,18H,2,5-6,8-9H2,(H,16,20)(H,17,19). The summed E-state index contributed by atoms with van der Waals surface area (Å²) in [4.78, 5) is 23.6. The van der Waals surface area contributed by atoms with E-state index in [1.54, 1.807) is 18.2 Å². The number of amides is 2. The van der Waals surface area contributed by atoms with E-state index in [2.05, 4.69) is 26.6 Å². The summed E-state index contributed by atoms with van der Waals surface area (Å²) in [5, 5.41) is 14.6. The van der Waals surface area contributed by atoms with Crippen molar-refractivity contribution < 1.29 is 14.7 Å². The number of nitrogens with one attached hydrogen (secondary N) is 2. The van der Waals surface area contributed by atoms with Crippen LogP contribution in [0.5, 0.6) is 0 Å². The average Bonchev–Trinajstić information content (AvgIpc) is 2.40. The van der Waals surface area contributed by atoms with E-state index in [4.69, 9.17) is 0 Å². The first-order valence-electron chi connectivity index (χ1n) is 6.50. The highest BCUT2D eigenvalue weighted by atomic mass is 79.9. The van der Waals surface area contributed by atoms with Crippen LogP contribution in [-0.4, -0.2) is 35.6 Å². The fourth-order valence-corrected chi connectivity index (χ4v) is 2.56. The fourth-order valence-electron chi connectivity index (χ4n) is 2.16. The second-order valence-electron chi connectivity index (χ2n) is 5.03. The van der Waals surface area contributed by atoms with E-state index in [0.717, 1.165) is 23.7 Å². The zero-order valence-electron chi connectivity index (χ0n) is 11.0. The van der Waals surface area contributed by atoms with Gasteiger partial charge in [-0.25, -0.2) is 0 Å². The molecular weight excluding hydrogens is 324 g/mol. The molecule has 0 saturated heterocycles. The van der Waals surface area contributed by atoms with Crippen LogP contribution in [0.4, 0.5) is 0 Å². The maximum Gasteiger partial charge on any atom is 0.251 e. The molecule has 0 aromatic heterocycles. The first-order valence-corrected chi connectivity index (χ1v) is 7.30. The van der Waals surface area contributed by atoms with Crippen molar-refractivity contribution in [2.75, 3.05) is 13.2 Å². The maximum absolute atomic E-state index is 11.9. The Bertz CT molecular complexity index is 509. The summed E-state index contributed by atoms with van der Waals surface area (Å²) in [6.07, 6.45) is 2.58. The van der Waals surface area contributed by atoms with Crippen molar-refractivity contribution in [2.45, 2.75) is 24.8 Å². The van der Waals surface area contributed by atoms with Crippen LogP contribution in [0.25, 0.3) is 0 Å². The lowest BCUT2D eigenvalue weighted by Gasteiger charge is -2.40. The van der Waals surface area contributed by atoms with Crippen LogP contribution in [0, 0.1) is 0 Å². The molecule has 0 aliphatic heterocycles.